The van der Waals surface area contributed by atoms with E-state index >= 15 is 0 Å². The number of nitrogens with two attached hydrogens (primary N) is 1. The summed E-state index contributed by atoms with van der Waals surface area (Å²) in [7, 11) is 0. The Balaban J connectivity index is 2.84. The SMILES string of the molecule is CCCCCNc1sc(C(=O)NCC)c(N)c1C#N. The van der Waals surface area contributed by atoms with Crippen LogP contribution in [0.4, 0.5) is 10.7 Å². The molecule has 0 bridgehead atoms. The molecule has 0 aliphatic heterocycles. The summed E-state index contributed by atoms with van der Waals surface area (Å²) in [6.45, 7) is 5.31. The summed E-state index contributed by atoms with van der Waals surface area (Å²) in [5.41, 5.74) is 6.52. The summed E-state index contributed by atoms with van der Waals surface area (Å²) < 4.78 is 0. The lowest BCUT2D eigenvalue weighted by Crippen LogP contribution is -2.22. The van der Waals surface area contributed by atoms with Gasteiger partial charge in [0.15, 0.2) is 0 Å². The highest BCUT2D eigenvalue weighted by atomic mass is 32.1. The number of nitrogens with one attached hydrogen (secondary N) is 2. The van der Waals surface area contributed by atoms with Crippen molar-refractivity contribution in [3.8, 4) is 6.07 Å². The van der Waals surface area contributed by atoms with Crippen LogP contribution in [0.15, 0.2) is 0 Å². The van der Waals surface area contributed by atoms with Gasteiger partial charge in [-0.25, -0.2) is 0 Å². The highest BCUT2D eigenvalue weighted by molar-refractivity contribution is 7.18. The molecule has 0 unspecified atom stereocenters. The van der Waals surface area contributed by atoms with Gasteiger partial charge >= 0.3 is 0 Å². The molecule has 0 saturated carbocycles. The topological polar surface area (TPSA) is 90.9 Å². The number of thiophene rings is 1. The zero-order chi connectivity index (χ0) is 14.3. The molecule has 5 nitrogen and oxygen atoms in total. The molecular formula is C13H20N4OS. The maximum absolute atomic E-state index is 11.8. The van der Waals surface area contributed by atoms with Gasteiger partial charge in [0.05, 0.1) is 5.69 Å². The maximum Gasteiger partial charge on any atom is 0.263 e. The number of rotatable bonds is 7. The number of hydrogen-bond donors (Lipinski definition) is 3. The maximum atomic E-state index is 11.8. The third-order valence-electron chi connectivity index (χ3n) is 2.67. The summed E-state index contributed by atoms with van der Waals surface area (Å²) >= 11 is 1.25. The molecule has 6 heteroatoms. The number of carbonyl (C=O) groups excluding carboxylic acids is 1. The Morgan fingerprint density at radius 1 is 1.42 bits per heavy atom. The van der Waals surface area contributed by atoms with Crippen molar-refractivity contribution in [2.75, 3.05) is 24.1 Å². The lowest BCUT2D eigenvalue weighted by atomic mass is 10.2. The van der Waals surface area contributed by atoms with Crippen LogP contribution in [0.1, 0.15) is 48.3 Å². The van der Waals surface area contributed by atoms with E-state index in [2.05, 4.69) is 23.6 Å². The van der Waals surface area contributed by atoms with E-state index < -0.39 is 0 Å². The lowest BCUT2D eigenvalue weighted by molar-refractivity contribution is 0.0960. The second-order valence-electron chi connectivity index (χ2n) is 4.15. The predicted molar refractivity (Wildman–Crippen MR) is 79.5 cm³/mol. The molecule has 1 amide bonds. The zero-order valence-electron chi connectivity index (χ0n) is 11.4. The minimum atomic E-state index is -0.219. The molecular weight excluding hydrogens is 260 g/mol. The van der Waals surface area contributed by atoms with Gasteiger partial charge in [0.1, 0.15) is 21.5 Å². The number of nitrogens with zero attached hydrogens (tertiary/aromatic N) is 1. The monoisotopic (exact) mass is 280 g/mol. The molecule has 0 fully saturated rings. The van der Waals surface area contributed by atoms with Crippen molar-refractivity contribution in [2.45, 2.75) is 33.1 Å². The largest absolute Gasteiger partial charge is 0.396 e. The second-order valence-corrected chi connectivity index (χ2v) is 5.17. The zero-order valence-corrected chi connectivity index (χ0v) is 12.2. The van der Waals surface area contributed by atoms with Crippen molar-refractivity contribution in [3.05, 3.63) is 10.4 Å². The van der Waals surface area contributed by atoms with Crippen LogP contribution < -0.4 is 16.4 Å². The van der Waals surface area contributed by atoms with E-state index in [1.165, 1.54) is 11.3 Å². The Bertz CT molecular complexity index is 476. The first-order valence-corrected chi connectivity index (χ1v) is 7.31. The number of unbranched alkanes of at least 4 members (excludes halogenated alkanes) is 2. The van der Waals surface area contributed by atoms with Crippen molar-refractivity contribution < 1.29 is 4.79 Å². The Morgan fingerprint density at radius 3 is 2.74 bits per heavy atom. The molecule has 1 aromatic rings. The van der Waals surface area contributed by atoms with Crippen LogP contribution >= 0.6 is 11.3 Å². The standard InChI is InChI=1S/C13H20N4OS/c1-3-5-6-7-17-13-9(8-14)10(15)11(19-13)12(18)16-4-2/h17H,3-7,15H2,1-2H3,(H,16,18). The fourth-order valence-electron chi connectivity index (χ4n) is 1.67. The van der Waals surface area contributed by atoms with E-state index in [9.17, 15) is 4.79 Å². The van der Waals surface area contributed by atoms with Crippen molar-refractivity contribution in [1.82, 2.24) is 5.32 Å². The first kappa shape index (κ1) is 15.3. The van der Waals surface area contributed by atoms with E-state index in [0.29, 0.717) is 22.0 Å². The van der Waals surface area contributed by atoms with Crippen LogP contribution in [-0.4, -0.2) is 19.0 Å². The Kier molecular flexibility index (Phi) is 6.16. The van der Waals surface area contributed by atoms with Crippen molar-refractivity contribution >= 4 is 27.9 Å². The molecule has 1 aromatic heterocycles. The first-order valence-electron chi connectivity index (χ1n) is 6.50. The van der Waals surface area contributed by atoms with Gasteiger partial charge in [-0.3, -0.25) is 4.79 Å². The highest BCUT2D eigenvalue weighted by Crippen LogP contribution is 2.35. The first-order chi connectivity index (χ1) is 9.15. The van der Waals surface area contributed by atoms with Crippen molar-refractivity contribution in [2.24, 2.45) is 0 Å². The number of hydrogen-bond acceptors (Lipinski definition) is 5. The average molecular weight is 280 g/mol. The molecule has 0 saturated heterocycles. The number of nitriles is 1. The van der Waals surface area contributed by atoms with Gasteiger partial charge in [0, 0.05) is 13.1 Å². The minimum absolute atomic E-state index is 0.219. The van der Waals surface area contributed by atoms with E-state index in [0.717, 1.165) is 25.8 Å². The van der Waals surface area contributed by atoms with E-state index in [-0.39, 0.29) is 11.6 Å². The van der Waals surface area contributed by atoms with Crippen molar-refractivity contribution in [1.29, 1.82) is 5.26 Å². The summed E-state index contributed by atoms with van der Waals surface area (Å²) in [5, 5.41) is 15.7. The number of amides is 1. The molecule has 104 valence electrons. The molecule has 19 heavy (non-hydrogen) atoms. The molecule has 0 atom stereocenters. The summed E-state index contributed by atoms with van der Waals surface area (Å²) in [6.07, 6.45) is 3.32. The van der Waals surface area contributed by atoms with Crippen LogP contribution in [0, 0.1) is 11.3 Å². The Hall–Kier alpha value is -1.74. The molecule has 4 N–H and O–H groups in total. The quantitative estimate of drug-likeness (QED) is 0.669. The van der Waals surface area contributed by atoms with Crippen LogP contribution in [0.3, 0.4) is 0 Å². The van der Waals surface area contributed by atoms with Crippen LogP contribution in [-0.2, 0) is 0 Å². The summed E-state index contributed by atoms with van der Waals surface area (Å²) in [5.74, 6) is -0.219. The Labute approximate surface area is 117 Å². The smallest absolute Gasteiger partial charge is 0.263 e. The third kappa shape index (κ3) is 3.86. The van der Waals surface area contributed by atoms with E-state index in [1.807, 2.05) is 6.92 Å². The van der Waals surface area contributed by atoms with Crippen LogP contribution in [0.25, 0.3) is 0 Å². The van der Waals surface area contributed by atoms with Gasteiger partial charge in [-0.15, -0.1) is 11.3 Å². The lowest BCUT2D eigenvalue weighted by Gasteiger charge is -2.02. The van der Waals surface area contributed by atoms with Gasteiger partial charge in [0.25, 0.3) is 5.91 Å². The molecule has 0 radical (unpaired) electrons. The predicted octanol–water partition coefficient (Wildman–Crippen LogP) is 2.55. The number of nitrogen functional groups attached to an aromatic ring is 1. The number of anilines is 2. The van der Waals surface area contributed by atoms with Gasteiger partial charge in [-0.1, -0.05) is 19.8 Å². The summed E-state index contributed by atoms with van der Waals surface area (Å²) in [6, 6.07) is 2.07. The normalized spacial score (nSPS) is 9.95. The third-order valence-corrected chi connectivity index (χ3v) is 3.83. The molecule has 0 aliphatic carbocycles. The van der Waals surface area contributed by atoms with Crippen molar-refractivity contribution in [3.63, 3.8) is 0 Å². The fraction of sp³-hybridized carbons (Fsp3) is 0.538. The van der Waals surface area contributed by atoms with Crippen LogP contribution in [0.5, 0.6) is 0 Å². The molecule has 0 spiro atoms. The van der Waals surface area contributed by atoms with Gasteiger partial charge < -0.3 is 16.4 Å². The van der Waals surface area contributed by atoms with Gasteiger partial charge in [-0.2, -0.15) is 5.26 Å². The molecule has 0 aliphatic rings. The average Bonchev–Trinajstić information content (AvgIpc) is 2.71. The molecule has 1 rings (SSSR count). The highest BCUT2D eigenvalue weighted by Gasteiger charge is 2.20. The van der Waals surface area contributed by atoms with E-state index in [4.69, 9.17) is 11.0 Å². The summed E-state index contributed by atoms with van der Waals surface area (Å²) in [4.78, 5) is 12.2. The Morgan fingerprint density at radius 2 is 2.16 bits per heavy atom. The van der Waals surface area contributed by atoms with E-state index in [1.54, 1.807) is 0 Å². The molecule has 0 aromatic carbocycles. The van der Waals surface area contributed by atoms with Gasteiger partial charge in [-0.05, 0) is 13.3 Å². The van der Waals surface area contributed by atoms with Crippen LogP contribution in [0.2, 0.25) is 0 Å². The number of carbonyl (C=O) groups is 1. The van der Waals surface area contributed by atoms with Gasteiger partial charge in [0.2, 0.25) is 0 Å². The molecule has 1 heterocycles. The fourth-order valence-corrected chi connectivity index (χ4v) is 2.68. The minimum Gasteiger partial charge on any atom is -0.396 e. The second kappa shape index (κ2) is 7.64.